The Hall–Kier alpha value is -1.52. The number of aromatic nitrogens is 2. The third-order valence-electron chi connectivity index (χ3n) is 2.08. The zero-order valence-corrected chi connectivity index (χ0v) is 10.4. The number of anilines is 2. The van der Waals surface area contributed by atoms with E-state index < -0.39 is 0 Å². The molecule has 1 aromatic rings. The molecule has 0 saturated carbocycles. The largest absolute Gasteiger partial charge is 0.477 e. The van der Waals surface area contributed by atoms with E-state index in [1.54, 1.807) is 13.1 Å². The number of hydrogen-bond donors (Lipinski definition) is 2. The molecule has 5 nitrogen and oxygen atoms in total. The van der Waals surface area contributed by atoms with Gasteiger partial charge >= 0.3 is 0 Å². The van der Waals surface area contributed by atoms with Crippen molar-refractivity contribution < 1.29 is 4.74 Å². The molecule has 16 heavy (non-hydrogen) atoms. The van der Waals surface area contributed by atoms with E-state index in [0.717, 1.165) is 6.42 Å². The number of nitrogens with zero attached hydrogens (tertiary/aromatic N) is 2. The van der Waals surface area contributed by atoms with Crippen LogP contribution in [0.5, 0.6) is 5.88 Å². The van der Waals surface area contributed by atoms with E-state index in [0.29, 0.717) is 18.3 Å². The fourth-order valence-corrected chi connectivity index (χ4v) is 1.11. The molecule has 0 bridgehead atoms. The van der Waals surface area contributed by atoms with Crippen LogP contribution in [0.3, 0.4) is 0 Å². The van der Waals surface area contributed by atoms with Crippen molar-refractivity contribution in [2.45, 2.75) is 27.2 Å². The lowest BCUT2D eigenvalue weighted by atomic mass is 9.93. The van der Waals surface area contributed by atoms with E-state index >= 15 is 0 Å². The lowest BCUT2D eigenvalue weighted by molar-refractivity contribution is 0.236. The standard InChI is InChI=1S/C11H20N4O/c1-11(2,3)5-6-16-9-7-8(13-4)14-10(12)15-9/h7H,5-6H2,1-4H3,(H3,12,13,14,15). The molecule has 1 heterocycles. The molecule has 0 spiro atoms. The maximum absolute atomic E-state index is 5.55. The lowest BCUT2D eigenvalue weighted by Crippen LogP contribution is -2.12. The van der Waals surface area contributed by atoms with Crippen molar-refractivity contribution in [2.24, 2.45) is 5.41 Å². The molecule has 0 aliphatic rings. The van der Waals surface area contributed by atoms with Gasteiger partial charge in [0.1, 0.15) is 5.82 Å². The van der Waals surface area contributed by atoms with Crippen LogP contribution in [0, 0.1) is 5.41 Å². The third kappa shape index (κ3) is 4.33. The minimum Gasteiger partial charge on any atom is -0.477 e. The van der Waals surface area contributed by atoms with Crippen LogP contribution in [-0.2, 0) is 0 Å². The number of nitrogens with two attached hydrogens (primary N) is 1. The van der Waals surface area contributed by atoms with Gasteiger partial charge in [0.05, 0.1) is 6.61 Å². The van der Waals surface area contributed by atoms with Gasteiger partial charge in [-0.2, -0.15) is 9.97 Å². The molecule has 1 rings (SSSR count). The van der Waals surface area contributed by atoms with E-state index in [9.17, 15) is 0 Å². The Kier molecular flexibility index (Phi) is 3.93. The summed E-state index contributed by atoms with van der Waals surface area (Å²) in [6.07, 6.45) is 0.964. The number of ether oxygens (including phenoxy) is 1. The molecular formula is C11H20N4O. The molecule has 0 fully saturated rings. The van der Waals surface area contributed by atoms with Gasteiger partial charge in [-0.1, -0.05) is 20.8 Å². The minimum atomic E-state index is 0.220. The highest BCUT2D eigenvalue weighted by atomic mass is 16.5. The van der Waals surface area contributed by atoms with Crippen LogP contribution in [0.15, 0.2) is 6.07 Å². The molecule has 5 heteroatoms. The predicted molar refractivity (Wildman–Crippen MR) is 65.6 cm³/mol. The van der Waals surface area contributed by atoms with Crippen LogP contribution in [0.2, 0.25) is 0 Å². The number of rotatable bonds is 4. The molecule has 0 unspecified atom stereocenters. The summed E-state index contributed by atoms with van der Waals surface area (Å²) in [6.45, 7) is 7.14. The highest BCUT2D eigenvalue weighted by Gasteiger charge is 2.10. The van der Waals surface area contributed by atoms with E-state index in [4.69, 9.17) is 10.5 Å². The zero-order valence-electron chi connectivity index (χ0n) is 10.4. The van der Waals surface area contributed by atoms with Crippen LogP contribution in [-0.4, -0.2) is 23.6 Å². The van der Waals surface area contributed by atoms with Gasteiger partial charge in [-0.15, -0.1) is 0 Å². The smallest absolute Gasteiger partial charge is 0.225 e. The maximum atomic E-state index is 5.55. The van der Waals surface area contributed by atoms with Gasteiger partial charge in [0.2, 0.25) is 11.8 Å². The van der Waals surface area contributed by atoms with Crippen molar-refractivity contribution in [1.82, 2.24) is 9.97 Å². The van der Waals surface area contributed by atoms with Crippen molar-refractivity contribution in [3.63, 3.8) is 0 Å². The second-order valence-electron chi connectivity index (χ2n) is 4.86. The van der Waals surface area contributed by atoms with Crippen molar-refractivity contribution >= 4 is 11.8 Å². The molecule has 3 N–H and O–H groups in total. The topological polar surface area (TPSA) is 73.1 Å². The van der Waals surface area contributed by atoms with Crippen molar-refractivity contribution in [3.05, 3.63) is 6.07 Å². The molecule has 0 amide bonds. The monoisotopic (exact) mass is 224 g/mol. The normalized spacial score (nSPS) is 11.2. The first-order valence-electron chi connectivity index (χ1n) is 5.36. The Morgan fingerprint density at radius 1 is 1.38 bits per heavy atom. The quantitative estimate of drug-likeness (QED) is 0.817. The van der Waals surface area contributed by atoms with Gasteiger partial charge in [-0.3, -0.25) is 0 Å². The molecule has 0 aliphatic carbocycles. The van der Waals surface area contributed by atoms with Gasteiger partial charge in [-0.25, -0.2) is 0 Å². The van der Waals surface area contributed by atoms with Gasteiger partial charge in [0.15, 0.2) is 0 Å². The average molecular weight is 224 g/mol. The van der Waals surface area contributed by atoms with Gasteiger partial charge in [-0.05, 0) is 11.8 Å². The predicted octanol–water partition coefficient (Wildman–Crippen LogP) is 1.92. The summed E-state index contributed by atoms with van der Waals surface area (Å²) in [7, 11) is 1.78. The van der Waals surface area contributed by atoms with Crippen molar-refractivity contribution in [3.8, 4) is 5.88 Å². The molecule has 0 radical (unpaired) electrons. The summed E-state index contributed by atoms with van der Waals surface area (Å²) in [6, 6.07) is 1.74. The van der Waals surface area contributed by atoms with E-state index in [-0.39, 0.29) is 11.4 Å². The number of nitrogens with one attached hydrogen (secondary N) is 1. The Balaban J connectivity index is 2.57. The maximum Gasteiger partial charge on any atom is 0.225 e. The summed E-state index contributed by atoms with van der Waals surface area (Å²) in [5.74, 6) is 1.40. The highest BCUT2D eigenvalue weighted by Crippen LogP contribution is 2.20. The minimum absolute atomic E-state index is 0.220. The summed E-state index contributed by atoms with van der Waals surface area (Å²) in [4.78, 5) is 7.99. The van der Waals surface area contributed by atoms with Crippen molar-refractivity contribution in [1.29, 1.82) is 0 Å². The Labute approximate surface area is 96.4 Å². The lowest BCUT2D eigenvalue weighted by Gasteiger charge is -2.17. The Bertz CT molecular complexity index is 346. The van der Waals surface area contributed by atoms with Crippen LogP contribution >= 0.6 is 0 Å². The zero-order chi connectivity index (χ0) is 12.2. The van der Waals surface area contributed by atoms with E-state index in [2.05, 4.69) is 36.1 Å². The number of nitrogen functional groups attached to an aromatic ring is 1. The van der Waals surface area contributed by atoms with E-state index in [1.807, 2.05) is 0 Å². The Morgan fingerprint density at radius 3 is 2.62 bits per heavy atom. The first kappa shape index (κ1) is 12.5. The fraction of sp³-hybridized carbons (Fsp3) is 0.636. The van der Waals surface area contributed by atoms with Crippen LogP contribution < -0.4 is 15.8 Å². The fourth-order valence-electron chi connectivity index (χ4n) is 1.11. The second-order valence-corrected chi connectivity index (χ2v) is 4.86. The van der Waals surface area contributed by atoms with Crippen molar-refractivity contribution in [2.75, 3.05) is 24.7 Å². The first-order valence-corrected chi connectivity index (χ1v) is 5.36. The Morgan fingerprint density at radius 2 is 2.06 bits per heavy atom. The average Bonchev–Trinajstić information content (AvgIpc) is 2.14. The SMILES string of the molecule is CNc1cc(OCCC(C)(C)C)nc(N)n1. The summed E-state index contributed by atoms with van der Waals surface area (Å²) >= 11 is 0. The second kappa shape index (κ2) is 5.01. The highest BCUT2D eigenvalue weighted by molar-refractivity contribution is 5.41. The first-order chi connectivity index (χ1) is 7.40. The molecule has 1 aromatic heterocycles. The third-order valence-corrected chi connectivity index (χ3v) is 2.08. The molecule has 0 saturated heterocycles. The summed E-state index contributed by atoms with van der Waals surface area (Å²) in [5.41, 5.74) is 5.80. The molecule has 0 aliphatic heterocycles. The van der Waals surface area contributed by atoms with Crippen LogP contribution in [0.1, 0.15) is 27.2 Å². The van der Waals surface area contributed by atoms with Gasteiger partial charge < -0.3 is 15.8 Å². The van der Waals surface area contributed by atoms with E-state index in [1.165, 1.54) is 0 Å². The van der Waals surface area contributed by atoms with Crippen LogP contribution in [0.25, 0.3) is 0 Å². The molecule has 90 valence electrons. The molecule has 0 aromatic carbocycles. The summed E-state index contributed by atoms with van der Waals surface area (Å²) < 4.78 is 5.53. The van der Waals surface area contributed by atoms with Gasteiger partial charge in [0, 0.05) is 13.1 Å². The number of hydrogen-bond acceptors (Lipinski definition) is 5. The van der Waals surface area contributed by atoms with Gasteiger partial charge in [0.25, 0.3) is 0 Å². The molecule has 0 atom stereocenters. The molecular weight excluding hydrogens is 204 g/mol. The van der Waals surface area contributed by atoms with Crippen LogP contribution in [0.4, 0.5) is 11.8 Å². The summed E-state index contributed by atoms with van der Waals surface area (Å²) in [5, 5.41) is 2.90.